The molecule has 2 aromatic heterocycles. The van der Waals surface area contributed by atoms with Gasteiger partial charge in [0.1, 0.15) is 19.0 Å². The first-order valence-corrected chi connectivity index (χ1v) is 4.76. The van der Waals surface area contributed by atoms with E-state index in [2.05, 4.69) is 35.2 Å². The van der Waals surface area contributed by atoms with Gasteiger partial charge in [-0.1, -0.05) is 5.16 Å². The number of aromatic nitrogens is 4. The fourth-order valence-corrected chi connectivity index (χ4v) is 1.30. The maximum Gasteiger partial charge on any atom is 0.182 e. The number of oxime groups is 1. The lowest BCUT2D eigenvalue weighted by atomic mass is 10.4. The summed E-state index contributed by atoms with van der Waals surface area (Å²) in [5.41, 5.74) is 2.25. The normalized spacial score (nSPS) is 11.8. The van der Waals surface area contributed by atoms with Crippen molar-refractivity contribution in [3.05, 3.63) is 12.7 Å². The predicted octanol–water partition coefficient (Wildman–Crippen LogP) is 0.787. The molecule has 0 radical (unpaired) electrons. The van der Waals surface area contributed by atoms with E-state index in [4.69, 9.17) is 0 Å². The molecule has 2 N–H and O–H groups in total. The predicted molar refractivity (Wildman–Crippen MR) is 60.3 cm³/mol. The zero-order valence-electron chi connectivity index (χ0n) is 9.06. The SMILES string of the molecule is CO/N=C(/C)CNc1ncnc2nc[nH]c12. The number of anilines is 1. The molecule has 0 aliphatic carbocycles. The van der Waals surface area contributed by atoms with E-state index in [1.54, 1.807) is 6.33 Å². The second kappa shape index (κ2) is 4.56. The average Bonchev–Trinajstić information content (AvgIpc) is 2.75. The van der Waals surface area contributed by atoms with E-state index in [9.17, 15) is 0 Å². The van der Waals surface area contributed by atoms with E-state index in [1.165, 1.54) is 13.4 Å². The standard InChI is InChI=1S/C9H12N6O/c1-6(15-16-2)3-10-8-7-9(12-4-11-7)14-5-13-8/h4-5H,3H2,1-2H3,(H2,10,11,12,13,14)/b15-6-. The smallest absolute Gasteiger partial charge is 0.182 e. The maximum absolute atomic E-state index is 4.66. The fourth-order valence-electron chi connectivity index (χ4n) is 1.30. The Morgan fingerprint density at radius 3 is 3.19 bits per heavy atom. The Kier molecular flexibility index (Phi) is 2.95. The first-order chi connectivity index (χ1) is 7.81. The van der Waals surface area contributed by atoms with Crippen molar-refractivity contribution >= 4 is 22.7 Å². The summed E-state index contributed by atoms with van der Waals surface area (Å²) in [6.45, 7) is 2.42. The molecule has 0 amide bonds. The number of hydrogen-bond acceptors (Lipinski definition) is 6. The molecule has 16 heavy (non-hydrogen) atoms. The molecule has 0 bridgehead atoms. The molecule has 0 fully saturated rings. The molecule has 2 rings (SSSR count). The van der Waals surface area contributed by atoms with Gasteiger partial charge in [-0.05, 0) is 6.92 Å². The third-order valence-corrected chi connectivity index (χ3v) is 1.98. The number of aromatic amines is 1. The summed E-state index contributed by atoms with van der Waals surface area (Å²) < 4.78 is 0. The molecule has 2 aromatic rings. The summed E-state index contributed by atoms with van der Waals surface area (Å²) in [5.74, 6) is 0.702. The van der Waals surface area contributed by atoms with Gasteiger partial charge in [-0.3, -0.25) is 0 Å². The van der Waals surface area contributed by atoms with Gasteiger partial charge in [0.15, 0.2) is 11.5 Å². The van der Waals surface area contributed by atoms with Crippen LogP contribution in [-0.2, 0) is 4.84 Å². The van der Waals surface area contributed by atoms with Gasteiger partial charge in [0, 0.05) is 0 Å². The van der Waals surface area contributed by atoms with E-state index in [-0.39, 0.29) is 0 Å². The third-order valence-electron chi connectivity index (χ3n) is 1.98. The van der Waals surface area contributed by atoms with Crippen LogP contribution in [0.25, 0.3) is 11.2 Å². The quantitative estimate of drug-likeness (QED) is 0.587. The molecular weight excluding hydrogens is 208 g/mol. The van der Waals surface area contributed by atoms with Gasteiger partial charge in [-0.2, -0.15) is 0 Å². The van der Waals surface area contributed by atoms with Gasteiger partial charge in [0.2, 0.25) is 0 Å². The molecule has 2 heterocycles. The van der Waals surface area contributed by atoms with Crippen LogP contribution in [0, 0.1) is 0 Å². The van der Waals surface area contributed by atoms with Crippen LogP contribution >= 0.6 is 0 Å². The van der Waals surface area contributed by atoms with Crippen molar-refractivity contribution in [3.63, 3.8) is 0 Å². The van der Waals surface area contributed by atoms with Gasteiger partial charge in [0.25, 0.3) is 0 Å². The lowest BCUT2D eigenvalue weighted by molar-refractivity contribution is 0.213. The molecule has 7 nitrogen and oxygen atoms in total. The number of imidazole rings is 1. The zero-order chi connectivity index (χ0) is 11.4. The number of nitrogens with zero attached hydrogens (tertiary/aromatic N) is 4. The Hall–Kier alpha value is -2.18. The molecule has 0 aromatic carbocycles. The third kappa shape index (κ3) is 2.08. The minimum absolute atomic E-state index is 0.555. The molecule has 84 valence electrons. The van der Waals surface area contributed by atoms with Crippen molar-refractivity contribution in [2.75, 3.05) is 19.0 Å². The zero-order valence-corrected chi connectivity index (χ0v) is 9.06. The summed E-state index contributed by atoms with van der Waals surface area (Å²) in [6, 6.07) is 0. The van der Waals surface area contributed by atoms with E-state index >= 15 is 0 Å². The van der Waals surface area contributed by atoms with Gasteiger partial charge in [-0.15, -0.1) is 0 Å². The lowest BCUT2D eigenvalue weighted by Crippen LogP contribution is -2.12. The summed E-state index contributed by atoms with van der Waals surface area (Å²) in [6.07, 6.45) is 3.05. The number of H-pyrrole nitrogens is 1. The highest BCUT2D eigenvalue weighted by Crippen LogP contribution is 2.13. The number of nitrogens with one attached hydrogen (secondary N) is 2. The Balaban J connectivity index is 2.15. The van der Waals surface area contributed by atoms with Crippen molar-refractivity contribution in [3.8, 4) is 0 Å². The molecular formula is C9H12N6O. The van der Waals surface area contributed by atoms with Gasteiger partial charge in [-0.25, -0.2) is 15.0 Å². The molecule has 7 heteroatoms. The topological polar surface area (TPSA) is 88.1 Å². The maximum atomic E-state index is 4.66. The van der Waals surface area contributed by atoms with E-state index in [0.29, 0.717) is 18.0 Å². The van der Waals surface area contributed by atoms with Crippen LogP contribution in [0.2, 0.25) is 0 Å². The van der Waals surface area contributed by atoms with Crippen LogP contribution in [0.4, 0.5) is 5.82 Å². The van der Waals surface area contributed by atoms with Gasteiger partial charge < -0.3 is 15.1 Å². The second-order valence-electron chi connectivity index (χ2n) is 3.19. The first-order valence-electron chi connectivity index (χ1n) is 4.76. The Morgan fingerprint density at radius 2 is 2.38 bits per heavy atom. The van der Waals surface area contributed by atoms with Crippen LogP contribution in [0.5, 0.6) is 0 Å². The fraction of sp³-hybridized carbons (Fsp3) is 0.333. The van der Waals surface area contributed by atoms with Crippen LogP contribution in [0.3, 0.4) is 0 Å². The lowest BCUT2D eigenvalue weighted by Gasteiger charge is -2.04. The van der Waals surface area contributed by atoms with Crippen LogP contribution in [-0.4, -0.2) is 39.3 Å². The summed E-state index contributed by atoms with van der Waals surface area (Å²) in [4.78, 5) is 19.8. The van der Waals surface area contributed by atoms with E-state index in [1.807, 2.05) is 6.92 Å². The highest BCUT2D eigenvalue weighted by molar-refractivity contribution is 5.88. The summed E-state index contributed by atoms with van der Waals surface area (Å²) in [5, 5.41) is 6.92. The van der Waals surface area contributed by atoms with Crippen LogP contribution < -0.4 is 5.32 Å². The molecule has 0 spiro atoms. The van der Waals surface area contributed by atoms with E-state index < -0.39 is 0 Å². The second-order valence-corrected chi connectivity index (χ2v) is 3.19. The minimum Gasteiger partial charge on any atom is -0.399 e. The summed E-state index contributed by atoms with van der Waals surface area (Å²) in [7, 11) is 1.52. The molecule has 0 unspecified atom stereocenters. The van der Waals surface area contributed by atoms with Crippen molar-refractivity contribution in [2.45, 2.75) is 6.92 Å². The monoisotopic (exact) mass is 220 g/mol. The number of fused-ring (bicyclic) bond motifs is 1. The Labute approximate surface area is 92.0 Å². The largest absolute Gasteiger partial charge is 0.399 e. The van der Waals surface area contributed by atoms with Crippen LogP contribution in [0.1, 0.15) is 6.92 Å². The van der Waals surface area contributed by atoms with Crippen molar-refractivity contribution < 1.29 is 4.84 Å². The first kappa shape index (κ1) is 10.3. The highest BCUT2D eigenvalue weighted by atomic mass is 16.6. The number of rotatable bonds is 4. The minimum atomic E-state index is 0.555. The Bertz CT molecular complexity index is 505. The van der Waals surface area contributed by atoms with Crippen molar-refractivity contribution in [1.29, 1.82) is 0 Å². The molecule has 0 saturated carbocycles. The molecule has 0 atom stereocenters. The molecule has 0 aliphatic rings. The average molecular weight is 220 g/mol. The number of hydrogen-bond donors (Lipinski definition) is 2. The van der Waals surface area contributed by atoms with Gasteiger partial charge >= 0.3 is 0 Å². The van der Waals surface area contributed by atoms with Gasteiger partial charge in [0.05, 0.1) is 18.6 Å². The Morgan fingerprint density at radius 1 is 1.50 bits per heavy atom. The summed E-state index contributed by atoms with van der Waals surface area (Å²) >= 11 is 0. The van der Waals surface area contributed by atoms with E-state index in [0.717, 1.165) is 11.2 Å². The van der Waals surface area contributed by atoms with Crippen LogP contribution in [0.15, 0.2) is 17.8 Å². The highest BCUT2D eigenvalue weighted by Gasteiger charge is 2.04. The molecule has 0 aliphatic heterocycles. The molecule has 0 saturated heterocycles. The van der Waals surface area contributed by atoms with Crippen molar-refractivity contribution in [2.24, 2.45) is 5.16 Å². The van der Waals surface area contributed by atoms with Crippen molar-refractivity contribution in [1.82, 2.24) is 19.9 Å².